The van der Waals surface area contributed by atoms with Gasteiger partial charge in [-0.25, -0.2) is 14.6 Å². The lowest BCUT2D eigenvalue weighted by molar-refractivity contribution is 0.568. The van der Waals surface area contributed by atoms with Crippen molar-refractivity contribution in [2.45, 2.75) is 23.8 Å². The molecule has 0 aliphatic carbocycles. The lowest BCUT2D eigenvalue weighted by Gasteiger charge is -2.26. The van der Waals surface area contributed by atoms with E-state index in [4.69, 9.17) is 11.6 Å². The third-order valence-corrected chi connectivity index (χ3v) is 7.14. The smallest absolute Gasteiger partial charge is 0.251 e. The summed E-state index contributed by atoms with van der Waals surface area (Å²) in [5.74, 6) is 0.716. The molecule has 5 rings (SSSR count). The summed E-state index contributed by atoms with van der Waals surface area (Å²) in [5.41, 5.74) is 3.93. The van der Waals surface area contributed by atoms with Crippen molar-refractivity contribution in [1.82, 2.24) is 24.3 Å². The summed E-state index contributed by atoms with van der Waals surface area (Å²) in [6, 6.07) is 9.01. The van der Waals surface area contributed by atoms with Gasteiger partial charge in [0.2, 0.25) is 5.95 Å². The number of benzene rings is 1. The van der Waals surface area contributed by atoms with Crippen LogP contribution < -0.4 is 10.5 Å². The summed E-state index contributed by atoms with van der Waals surface area (Å²) in [6.07, 6.45) is 12.5. The van der Waals surface area contributed by atoms with Crippen molar-refractivity contribution in [1.29, 1.82) is 5.26 Å². The molecule has 176 valence electrons. The van der Waals surface area contributed by atoms with Crippen molar-refractivity contribution in [2.75, 3.05) is 18.0 Å². The fraction of sp³-hybridized carbons (Fsp3) is 0.240. The van der Waals surface area contributed by atoms with E-state index >= 15 is 0 Å². The molecule has 1 fully saturated rings. The molecule has 1 aliphatic heterocycles. The van der Waals surface area contributed by atoms with Gasteiger partial charge in [0.15, 0.2) is 0 Å². The molecule has 0 unspecified atom stereocenters. The molecule has 1 aromatic carbocycles. The number of alkyl halides is 1. The highest BCUT2D eigenvalue weighted by Crippen LogP contribution is 2.32. The number of pyridine rings is 1. The van der Waals surface area contributed by atoms with Crippen LogP contribution in [0, 0.1) is 11.3 Å². The minimum Gasteiger partial charge on any atom is -0.341 e. The molecule has 4 heterocycles. The van der Waals surface area contributed by atoms with E-state index < -0.39 is 0 Å². The van der Waals surface area contributed by atoms with Crippen molar-refractivity contribution in [3.63, 3.8) is 0 Å². The molecular weight excluding hydrogens is 577 g/mol. The molecule has 0 spiro atoms. The van der Waals surface area contributed by atoms with Gasteiger partial charge >= 0.3 is 0 Å². The van der Waals surface area contributed by atoms with Crippen LogP contribution in [0.15, 0.2) is 60.0 Å². The quantitative estimate of drug-likeness (QED) is 0.236. The van der Waals surface area contributed by atoms with E-state index in [1.807, 2.05) is 12.4 Å². The van der Waals surface area contributed by atoms with Crippen molar-refractivity contribution < 1.29 is 0 Å². The Morgan fingerprint density at radius 1 is 1.03 bits per heavy atom. The molecule has 10 heteroatoms. The van der Waals surface area contributed by atoms with Crippen LogP contribution in [0.1, 0.15) is 24.8 Å². The zero-order chi connectivity index (χ0) is 24.4. The van der Waals surface area contributed by atoms with E-state index in [0.29, 0.717) is 26.8 Å². The second kappa shape index (κ2) is 10.2. The Balaban J connectivity index is 1.57. The Morgan fingerprint density at radius 2 is 1.80 bits per heavy atom. The van der Waals surface area contributed by atoms with Gasteiger partial charge in [-0.15, -0.1) is 0 Å². The van der Waals surface area contributed by atoms with E-state index in [9.17, 15) is 10.1 Å². The van der Waals surface area contributed by atoms with Crippen LogP contribution in [0.25, 0.3) is 27.9 Å². The van der Waals surface area contributed by atoms with E-state index in [0.717, 1.165) is 48.2 Å². The maximum Gasteiger partial charge on any atom is 0.251 e. The number of halogens is 2. The van der Waals surface area contributed by atoms with Gasteiger partial charge in [0.1, 0.15) is 6.07 Å². The van der Waals surface area contributed by atoms with Crippen molar-refractivity contribution in [3.05, 3.63) is 76.2 Å². The highest BCUT2D eigenvalue weighted by atomic mass is 127. The molecule has 1 aliphatic rings. The van der Waals surface area contributed by atoms with Crippen LogP contribution in [-0.4, -0.2) is 37.4 Å². The third kappa shape index (κ3) is 4.68. The summed E-state index contributed by atoms with van der Waals surface area (Å²) in [7, 11) is 0. The first-order valence-corrected chi connectivity index (χ1v) is 13.1. The Labute approximate surface area is 221 Å². The molecule has 4 aromatic rings. The number of hydrogen-bond donors (Lipinski definition) is 0. The average Bonchev–Trinajstić information content (AvgIpc) is 3.39. The molecule has 0 amide bonds. The zero-order valence-electron chi connectivity index (χ0n) is 18.7. The van der Waals surface area contributed by atoms with Gasteiger partial charge in [-0.2, -0.15) is 10.4 Å². The average molecular weight is 598 g/mol. The van der Waals surface area contributed by atoms with E-state index in [1.54, 1.807) is 52.1 Å². The Hall–Kier alpha value is -3.23. The van der Waals surface area contributed by atoms with Gasteiger partial charge in [-0.05, 0) is 37.0 Å². The van der Waals surface area contributed by atoms with Gasteiger partial charge in [0.25, 0.3) is 5.56 Å². The first kappa shape index (κ1) is 23.5. The van der Waals surface area contributed by atoms with Gasteiger partial charge in [-0.1, -0.05) is 40.3 Å². The number of piperidine rings is 1. The van der Waals surface area contributed by atoms with Gasteiger partial charge in [0.05, 0.1) is 27.0 Å². The summed E-state index contributed by atoms with van der Waals surface area (Å²) >= 11 is 8.37. The number of rotatable bonds is 5. The molecule has 0 radical (unpaired) electrons. The number of hydrogen-bond acceptors (Lipinski definition) is 6. The minimum absolute atomic E-state index is 0.104. The van der Waals surface area contributed by atoms with Crippen LogP contribution >= 0.6 is 34.2 Å². The third-order valence-electron chi connectivity index (χ3n) is 6.09. The van der Waals surface area contributed by atoms with Crippen LogP contribution in [-0.2, 0) is 4.55 Å². The van der Waals surface area contributed by atoms with E-state index in [-0.39, 0.29) is 5.56 Å². The second-order valence-electron chi connectivity index (χ2n) is 8.27. The van der Waals surface area contributed by atoms with Crippen LogP contribution in [0.2, 0.25) is 5.02 Å². The summed E-state index contributed by atoms with van der Waals surface area (Å²) in [6.45, 7) is 1.92. The summed E-state index contributed by atoms with van der Waals surface area (Å²) in [5, 5.41) is 14.4. The van der Waals surface area contributed by atoms with Crippen molar-refractivity contribution in [3.8, 4) is 34.0 Å². The van der Waals surface area contributed by atoms with Crippen LogP contribution in [0.5, 0.6) is 0 Å². The van der Waals surface area contributed by atoms with E-state index in [1.165, 1.54) is 6.42 Å². The monoisotopic (exact) mass is 597 g/mol. The maximum atomic E-state index is 12.7. The largest absolute Gasteiger partial charge is 0.341 e. The zero-order valence-corrected chi connectivity index (χ0v) is 21.6. The molecule has 35 heavy (non-hydrogen) atoms. The molecule has 0 saturated carbocycles. The standard InChI is InChI=1S/C25H21ClIN7O/c26-22-5-4-6-23(20(22)10-28)34-14-18(13-31-34)21-15-33(16-27)24(35)9-19(21)17-11-29-25(30-12-17)32-7-2-1-3-8-32/h4-6,9,11-15H,1-3,7-8,16H2. The number of anilines is 1. The first-order valence-electron chi connectivity index (χ1n) is 11.2. The predicted molar refractivity (Wildman–Crippen MR) is 144 cm³/mol. The van der Waals surface area contributed by atoms with Crippen molar-refractivity contribution in [2.24, 2.45) is 0 Å². The van der Waals surface area contributed by atoms with Crippen molar-refractivity contribution >= 4 is 40.1 Å². The first-order chi connectivity index (χ1) is 17.1. The predicted octanol–water partition coefficient (Wildman–Crippen LogP) is 5.07. The molecule has 0 atom stereocenters. The van der Waals surface area contributed by atoms with Gasteiger partial charge < -0.3 is 9.47 Å². The molecule has 3 aromatic heterocycles. The molecule has 1 saturated heterocycles. The Morgan fingerprint density at radius 3 is 2.51 bits per heavy atom. The molecule has 0 N–H and O–H groups in total. The summed E-state index contributed by atoms with van der Waals surface area (Å²) < 4.78 is 3.77. The Bertz CT molecular complexity index is 1470. The maximum absolute atomic E-state index is 12.7. The second-order valence-corrected chi connectivity index (χ2v) is 9.36. The fourth-order valence-electron chi connectivity index (χ4n) is 4.26. The van der Waals surface area contributed by atoms with Gasteiger partial charge in [-0.3, -0.25) is 4.79 Å². The fourth-order valence-corrected chi connectivity index (χ4v) is 5.01. The number of nitriles is 1. The highest BCUT2D eigenvalue weighted by molar-refractivity contribution is 14.1. The number of aromatic nitrogens is 5. The molecular formula is C25H21ClIN7O. The van der Waals surface area contributed by atoms with E-state index in [2.05, 4.69) is 48.6 Å². The lowest BCUT2D eigenvalue weighted by Crippen LogP contribution is -2.30. The summed E-state index contributed by atoms with van der Waals surface area (Å²) in [4.78, 5) is 24.1. The van der Waals surface area contributed by atoms with Gasteiger partial charge in [0, 0.05) is 60.6 Å². The van der Waals surface area contributed by atoms with Crippen LogP contribution in [0.4, 0.5) is 5.95 Å². The highest BCUT2D eigenvalue weighted by Gasteiger charge is 2.17. The molecule has 0 bridgehead atoms. The number of nitrogens with zero attached hydrogens (tertiary/aromatic N) is 7. The molecule has 8 nitrogen and oxygen atoms in total. The Kier molecular flexibility index (Phi) is 6.83. The normalized spacial score (nSPS) is 13.6. The topological polar surface area (TPSA) is 92.6 Å². The minimum atomic E-state index is -0.104. The SMILES string of the molecule is N#Cc1c(Cl)cccc1-n1cc(-c2cn(CI)c(=O)cc2-c2cnc(N3CCCCC3)nc2)cn1. The van der Waals surface area contributed by atoms with Crippen LogP contribution in [0.3, 0.4) is 0 Å². The lowest BCUT2D eigenvalue weighted by atomic mass is 10.0.